The Hall–Kier alpha value is -1.42. The number of aliphatic hydroxyl groups excluding tert-OH is 3. The van der Waals surface area contributed by atoms with Gasteiger partial charge in [-0.25, -0.2) is 0 Å². The third-order valence-electron chi connectivity index (χ3n) is 14.5. The van der Waals surface area contributed by atoms with Gasteiger partial charge in [-0.3, -0.25) is 14.4 Å². The van der Waals surface area contributed by atoms with Crippen LogP contribution < -0.4 is 0 Å². The van der Waals surface area contributed by atoms with Crippen molar-refractivity contribution in [2.75, 3.05) is 0 Å². The first kappa shape index (κ1) is 45.0. The van der Waals surface area contributed by atoms with Crippen LogP contribution in [-0.2, 0) is 14.4 Å². The Kier molecular flexibility index (Phi) is 11.3. The van der Waals surface area contributed by atoms with Crippen LogP contribution in [0.2, 0.25) is 0 Å². The summed E-state index contributed by atoms with van der Waals surface area (Å²) in [7, 11) is 0. The van der Waals surface area contributed by atoms with Crippen molar-refractivity contribution < 1.29 is 119 Å². The smallest absolute Gasteiger partial charge is 0.449 e. The van der Waals surface area contributed by atoms with Gasteiger partial charge in [-0.2, -0.15) is 39.5 Å². The molecule has 0 aliphatic heterocycles. The number of Topliss-reactive ketones (excluding diaryl/α,β-unsaturated/α-hetero) is 3. The molecule has 0 amide bonds. The van der Waals surface area contributed by atoms with Crippen molar-refractivity contribution in [3.63, 3.8) is 0 Å². The molecule has 6 rings (SSSR count). The minimum atomic E-state index is -4.83. The van der Waals surface area contributed by atoms with E-state index in [0.29, 0.717) is 38.5 Å². The minimum Gasteiger partial charge on any atom is -0.504 e. The van der Waals surface area contributed by atoms with Crippen LogP contribution in [0.4, 0.5) is 39.5 Å². The van der Waals surface area contributed by atoms with Crippen LogP contribution in [0.15, 0.2) is 34.0 Å². The molecule has 0 aromatic carbocycles. The van der Waals surface area contributed by atoms with Crippen molar-refractivity contribution in [3.05, 3.63) is 34.0 Å². The molecule has 6 fully saturated rings. The quantitative estimate of drug-likeness (QED) is 0.127. The van der Waals surface area contributed by atoms with E-state index in [1.807, 2.05) is 0 Å². The summed E-state index contributed by atoms with van der Waals surface area (Å²) < 4.78 is 113. The third-order valence-corrected chi connectivity index (χ3v) is 14.5. The van der Waals surface area contributed by atoms with Gasteiger partial charge < -0.3 is 15.3 Å². The summed E-state index contributed by atoms with van der Waals surface area (Å²) in [6.45, 7) is 15.9. The summed E-state index contributed by atoms with van der Waals surface area (Å²) in [5.74, 6) is -8.13. The van der Waals surface area contributed by atoms with Gasteiger partial charge in [0.05, 0.1) is 0 Å². The van der Waals surface area contributed by atoms with Gasteiger partial charge in [0.2, 0.25) is 17.3 Å². The van der Waals surface area contributed by atoms with E-state index in [4.69, 9.17) is 0 Å². The fraction of sp³-hybridized carbons (Fsp3) is 0.750. The molecule has 295 valence electrons. The standard InChI is InChI=1S/3C12H15F3O2.Eu/c3*1-10(2)6-4-5-11(10,3)8(16)7(6)9(17)12(13,14)15;/h3*6,17H,4-5H2,1-3H3;. The van der Waals surface area contributed by atoms with Crippen LogP contribution in [0, 0.1) is 99.6 Å². The zero-order valence-corrected chi connectivity index (χ0v) is 32.7. The molecule has 52 heavy (non-hydrogen) atoms. The van der Waals surface area contributed by atoms with Crippen LogP contribution in [-0.4, -0.2) is 51.2 Å². The Morgan fingerprint density at radius 2 is 0.635 bits per heavy atom. The molecule has 3 N–H and O–H groups in total. The minimum absolute atomic E-state index is 0. The maximum Gasteiger partial charge on any atom is 0.449 e. The molecule has 6 saturated carbocycles. The van der Waals surface area contributed by atoms with Crippen molar-refractivity contribution in [2.24, 2.45) is 50.2 Å². The summed E-state index contributed by atoms with van der Waals surface area (Å²) in [4.78, 5) is 36.2. The summed E-state index contributed by atoms with van der Waals surface area (Å²) in [6, 6.07) is 0. The summed E-state index contributed by atoms with van der Waals surface area (Å²) in [6.07, 6.45) is -11.1. The Bertz CT molecular complexity index is 1460. The second kappa shape index (κ2) is 13.1. The molecule has 6 aliphatic rings. The van der Waals surface area contributed by atoms with Gasteiger partial charge in [-0.15, -0.1) is 0 Å². The van der Waals surface area contributed by atoms with Crippen molar-refractivity contribution in [3.8, 4) is 0 Å². The molecule has 0 spiro atoms. The second-order valence-electron chi connectivity index (χ2n) is 17.2. The Morgan fingerprint density at radius 1 is 0.462 bits per heavy atom. The number of hydrogen-bond acceptors (Lipinski definition) is 6. The van der Waals surface area contributed by atoms with E-state index in [1.54, 1.807) is 62.3 Å². The third kappa shape index (κ3) is 6.16. The number of allylic oxidation sites excluding steroid dienone is 6. The first-order chi connectivity index (χ1) is 22.6. The number of hydrogen-bond donors (Lipinski definition) is 3. The van der Waals surface area contributed by atoms with Crippen molar-refractivity contribution in [1.29, 1.82) is 0 Å². The maximum absolute atomic E-state index is 12.5. The van der Waals surface area contributed by atoms with E-state index in [0.717, 1.165) is 0 Å². The summed E-state index contributed by atoms with van der Waals surface area (Å²) in [5.41, 5.74) is -5.08. The van der Waals surface area contributed by atoms with E-state index in [-0.39, 0.29) is 49.4 Å². The topological polar surface area (TPSA) is 112 Å². The number of aliphatic hydroxyl groups is 3. The predicted molar refractivity (Wildman–Crippen MR) is 166 cm³/mol. The fourth-order valence-electron chi connectivity index (χ4n) is 9.88. The van der Waals surface area contributed by atoms with Gasteiger partial charge >= 0.3 is 18.5 Å². The maximum atomic E-state index is 12.5. The van der Waals surface area contributed by atoms with Gasteiger partial charge in [-0.05, 0) is 72.5 Å². The number of halogens is 9. The number of alkyl halides is 9. The van der Waals surface area contributed by atoms with Crippen LogP contribution >= 0.6 is 0 Å². The van der Waals surface area contributed by atoms with Crippen LogP contribution in [0.25, 0.3) is 0 Å². The normalized spacial score (nSPS) is 38.0. The average Bonchev–Trinajstić information content (AvgIpc) is 3.59. The number of rotatable bonds is 0. The Balaban J connectivity index is 0.000000208. The van der Waals surface area contributed by atoms with Crippen LogP contribution in [0.5, 0.6) is 0 Å². The first-order valence-electron chi connectivity index (χ1n) is 16.8. The first-order valence-corrected chi connectivity index (χ1v) is 16.8. The number of fused-ring (bicyclic) bond motifs is 6. The van der Waals surface area contributed by atoms with E-state index in [9.17, 15) is 69.2 Å². The molecule has 16 heteroatoms. The average molecular weight is 897 g/mol. The van der Waals surface area contributed by atoms with Gasteiger partial charge in [0, 0.05) is 82.3 Å². The molecular formula is C36H45EuF9O6. The molecule has 6 atom stereocenters. The van der Waals surface area contributed by atoms with Gasteiger partial charge in [0.25, 0.3) is 0 Å². The van der Waals surface area contributed by atoms with E-state index >= 15 is 0 Å². The second-order valence-corrected chi connectivity index (χ2v) is 17.2. The molecule has 0 aromatic rings. The van der Waals surface area contributed by atoms with E-state index < -0.39 is 120 Å². The molecule has 1 radical (unpaired) electrons. The Labute approximate surface area is 337 Å². The van der Waals surface area contributed by atoms with Crippen molar-refractivity contribution in [1.82, 2.24) is 0 Å². The molecule has 6 nitrogen and oxygen atoms in total. The molecule has 6 bridgehead atoms. The number of carbonyl (C=O) groups is 3. The number of carbonyl (C=O) groups excluding carboxylic acids is 3. The van der Waals surface area contributed by atoms with Crippen LogP contribution in [0.1, 0.15) is 101 Å². The largest absolute Gasteiger partial charge is 0.504 e. The Morgan fingerprint density at radius 3 is 0.750 bits per heavy atom. The molecular weight excluding hydrogens is 851 g/mol. The number of ketones is 3. The fourth-order valence-corrected chi connectivity index (χ4v) is 9.88. The van der Waals surface area contributed by atoms with Crippen LogP contribution in [0.3, 0.4) is 0 Å². The predicted octanol–water partition coefficient (Wildman–Crippen LogP) is 10.2. The molecule has 6 aliphatic carbocycles. The summed E-state index contributed by atoms with van der Waals surface area (Å²) >= 11 is 0. The van der Waals surface area contributed by atoms with Gasteiger partial charge in [0.15, 0.2) is 17.3 Å². The monoisotopic (exact) mass is 897 g/mol. The molecule has 0 aromatic heterocycles. The van der Waals surface area contributed by atoms with E-state index in [1.165, 1.54) is 0 Å². The molecule has 0 heterocycles. The SMILES string of the molecule is CC12CCC(C(=C(O)C(F)(F)F)C1=O)C2(C)C.CC12CCC(C(=C(O)C(F)(F)F)C1=O)C2(C)C.CC12CCC(C(=C(O)C(F)(F)F)C1=O)C2(C)C.[Eu]. The van der Waals surface area contributed by atoms with E-state index in [2.05, 4.69) is 0 Å². The molecule has 0 saturated heterocycles. The van der Waals surface area contributed by atoms with Crippen molar-refractivity contribution in [2.45, 2.75) is 119 Å². The molecule has 6 unspecified atom stereocenters. The zero-order valence-electron chi connectivity index (χ0n) is 30.3. The van der Waals surface area contributed by atoms with Gasteiger partial charge in [-0.1, -0.05) is 62.3 Å². The zero-order chi connectivity index (χ0) is 39.7. The summed E-state index contributed by atoms with van der Waals surface area (Å²) in [5, 5.41) is 27.8. The van der Waals surface area contributed by atoms with Crippen molar-refractivity contribution >= 4 is 17.3 Å². The van der Waals surface area contributed by atoms with Gasteiger partial charge in [0.1, 0.15) is 0 Å².